The summed E-state index contributed by atoms with van der Waals surface area (Å²) in [7, 11) is 2.23. The summed E-state index contributed by atoms with van der Waals surface area (Å²) in [5.41, 5.74) is 2.50. The van der Waals surface area contributed by atoms with Crippen LogP contribution in [0, 0.1) is 0 Å². The fraction of sp³-hybridized carbons (Fsp3) is 0.800. The predicted octanol–water partition coefficient (Wildman–Crippen LogP) is 2.23. The van der Waals surface area contributed by atoms with Crippen LogP contribution in [-0.4, -0.2) is 76.1 Å². The summed E-state index contributed by atoms with van der Waals surface area (Å²) in [5.74, 6) is 0.318. The molecule has 1 spiro atoms. The lowest BCUT2D eigenvalue weighted by molar-refractivity contribution is -0.130. The van der Waals surface area contributed by atoms with E-state index in [0.29, 0.717) is 12.3 Å². The van der Waals surface area contributed by atoms with Gasteiger partial charge in [-0.3, -0.25) is 19.7 Å². The third-order valence-electron chi connectivity index (χ3n) is 6.26. The Kier molecular flexibility index (Phi) is 5.45. The zero-order valence-electron chi connectivity index (χ0n) is 17.1. The second kappa shape index (κ2) is 7.31. The number of carbonyl (C=O) groups excluding carboxylic acids is 1. The van der Waals surface area contributed by atoms with Gasteiger partial charge < -0.3 is 4.90 Å². The van der Waals surface area contributed by atoms with Gasteiger partial charge in [-0.05, 0) is 32.9 Å². The maximum atomic E-state index is 12.3. The summed E-state index contributed by atoms with van der Waals surface area (Å²) in [5, 5.41) is 7.73. The van der Waals surface area contributed by atoms with Crippen molar-refractivity contribution in [2.24, 2.45) is 0 Å². The number of aromatic nitrogens is 2. The van der Waals surface area contributed by atoms with Crippen molar-refractivity contribution < 1.29 is 4.79 Å². The van der Waals surface area contributed by atoms with Crippen LogP contribution in [0.3, 0.4) is 0 Å². The largest absolute Gasteiger partial charge is 0.343 e. The summed E-state index contributed by atoms with van der Waals surface area (Å²) < 4.78 is 0. The average Bonchev–Trinajstić information content (AvgIpc) is 2.99. The summed E-state index contributed by atoms with van der Waals surface area (Å²) >= 11 is 0. The Labute approximate surface area is 157 Å². The van der Waals surface area contributed by atoms with Gasteiger partial charge in [0.1, 0.15) is 0 Å². The molecule has 2 aliphatic rings. The minimum absolute atomic E-state index is 0.0728. The van der Waals surface area contributed by atoms with Crippen LogP contribution in [0.25, 0.3) is 0 Å². The van der Waals surface area contributed by atoms with Crippen molar-refractivity contribution in [1.82, 2.24) is 24.9 Å². The van der Waals surface area contributed by atoms with Gasteiger partial charge in [0.25, 0.3) is 0 Å². The van der Waals surface area contributed by atoms with E-state index in [4.69, 9.17) is 0 Å². The summed E-state index contributed by atoms with van der Waals surface area (Å²) in [6.45, 7) is 14.4. The zero-order valence-corrected chi connectivity index (χ0v) is 17.1. The van der Waals surface area contributed by atoms with Crippen molar-refractivity contribution in [3.05, 3.63) is 17.5 Å². The van der Waals surface area contributed by atoms with Crippen LogP contribution in [0.15, 0.2) is 6.07 Å². The number of nitrogens with one attached hydrogen (secondary N) is 1. The lowest BCUT2D eigenvalue weighted by atomic mass is 9.86. The number of rotatable bonds is 3. The van der Waals surface area contributed by atoms with Gasteiger partial charge in [0.15, 0.2) is 0 Å². The van der Waals surface area contributed by atoms with Gasteiger partial charge in [0, 0.05) is 62.3 Å². The number of carbonyl (C=O) groups is 1. The highest BCUT2D eigenvalue weighted by Gasteiger charge is 2.42. The highest BCUT2D eigenvalue weighted by Crippen LogP contribution is 2.32. The number of aromatic amines is 1. The van der Waals surface area contributed by atoms with Gasteiger partial charge in [0.2, 0.25) is 5.91 Å². The van der Waals surface area contributed by atoms with E-state index in [1.165, 1.54) is 5.69 Å². The number of piperazine rings is 1. The van der Waals surface area contributed by atoms with Gasteiger partial charge in [-0.15, -0.1) is 0 Å². The highest BCUT2D eigenvalue weighted by atomic mass is 16.2. The normalized spacial score (nSPS) is 26.5. The molecule has 1 N–H and O–H groups in total. The Morgan fingerprint density at radius 3 is 2.65 bits per heavy atom. The van der Waals surface area contributed by atoms with Crippen LogP contribution in [0.4, 0.5) is 0 Å². The monoisotopic (exact) mass is 361 g/mol. The first-order valence-corrected chi connectivity index (χ1v) is 10.00. The van der Waals surface area contributed by atoms with Crippen LogP contribution >= 0.6 is 0 Å². The van der Waals surface area contributed by atoms with E-state index in [2.05, 4.69) is 60.8 Å². The molecule has 146 valence electrons. The first-order valence-electron chi connectivity index (χ1n) is 10.00. The van der Waals surface area contributed by atoms with E-state index in [1.54, 1.807) is 0 Å². The van der Waals surface area contributed by atoms with Crippen LogP contribution in [-0.2, 0) is 16.8 Å². The van der Waals surface area contributed by atoms with Crippen LogP contribution in [0.5, 0.6) is 0 Å². The molecular weight excluding hydrogens is 326 g/mol. The molecule has 1 atom stereocenters. The van der Waals surface area contributed by atoms with Crippen molar-refractivity contribution in [2.75, 3.05) is 39.8 Å². The van der Waals surface area contributed by atoms with E-state index in [1.807, 2.05) is 4.90 Å². The highest BCUT2D eigenvalue weighted by molar-refractivity contribution is 5.76. The Morgan fingerprint density at radius 2 is 2.00 bits per heavy atom. The SMILES string of the molecule is CCN1CC[C@@]2(CCC1=O)CN(Cc1cc(C(C)(C)C)n[nH]1)CCN2C. The molecule has 1 aromatic rings. The molecule has 1 aromatic heterocycles. The smallest absolute Gasteiger partial charge is 0.222 e. The molecule has 6 heteroatoms. The number of hydrogen-bond donors (Lipinski definition) is 1. The number of H-pyrrole nitrogens is 1. The molecule has 2 aliphatic heterocycles. The molecule has 0 aliphatic carbocycles. The minimum Gasteiger partial charge on any atom is -0.343 e. The predicted molar refractivity (Wildman–Crippen MR) is 104 cm³/mol. The van der Waals surface area contributed by atoms with Gasteiger partial charge in [-0.1, -0.05) is 20.8 Å². The lowest BCUT2D eigenvalue weighted by Crippen LogP contribution is -2.60. The molecule has 0 aromatic carbocycles. The average molecular weight is 362 g/mol. The molecule has 1 amide bonds. The first kappa shape index (κ1) is 19.4. The van der Waals surface area contributed by atoms with Crippen LogP contribution in [0.1, 0.15) is 58.3 Å². The standard InChI is InChI=1S/C20H35N5O/c1-6-25-10-9-20(8-7-18(25)26)15-24(12-11-23(20)5)14-16-13-17(22-21-16)19(2,3)4/h13H,6-12,14-15H2,1-5H3,(H,21,22)/t20-/m0/s1. The Balaban J connectivity index is 1.70. The fourth-order valence-corrected chi connectivity index (χ4v) is 4.31. The molecule has 26 heavy (non-hydrogen) atoms. The first-order chi connectivity index (χ1) is 12.2. The second-order valence-electron chi connectivity index (χ2n) is 9.11. The number of hydrogen-bond acceptors (Lipinski definition) is 4. The van der Waals surface area contributed by atoms with Crippen molar-refractivity contribution in [2.45, 2.75) is 64.5 Å². The molecule has 2 fully saturated rings. The van der Waals surface area contributed by atoms with Crippen LogP contribution < -0.4 is 0 Å². The zero-order chi connectivity index (χ0) is 18.9. The number of likely N-dealkylation sites (tertiary alicyclic amines) is 1. The van der Waals surface area contributed by atoms with Crippen molar-refractivity contribution in [1.29, 1.82) is 0 Å². The number of amides is 1. The molecule has 6 nitrogen and oxygen atoms in total. The Hall–Kier alpha value is -1.40. The third kappa shape index (κ3) is 3.96. The Morgan fingerprint density at radius 1 is 1.23 bits per heavy atom. The molecule has 3 rings (SSSR count). The Bertz CT molecular complexity index is 634. The summed E-state index contributed by atoms with van der Waals surface area (Å²) in [6, 6.07) is 2.21. The van der Waals surface area contributed by atoms with E-state index in [9.17, 15) is 4.79 Å². The van der Waals surface area contributed by atoms with Crippen molar-refractivity contribution >= 4 is 5.91 Å². The molecule has 0 bridgehead atoms. The quantitative estimate of drug-likeness (QED) is 0.897. The fourth-order valence-electron chi connectivity index (χ4n) is 4.31. The van der Waals surface area contributed by atoms with Gasteiger partial charge >= 0.3 is 0 Å². The van der Waals surface area contributed by atoms with Crippen molar-refractivity contribution in [3.63, 3.8) is 0 Å². The number of nitrogens with zero attached hydrogens (tertiary/aromatic N) is 4. The van der Waals surface area contributed by atoms with E-state index >= 15 is 0 Å². The molecule has 3 heterocycles. The molecule has 0 unspecified atom stereocenters. The topological polar surface area (TPSA) is 55.5 Å². The van der Waals surface area contributed by atoms with Gasteiger partial charge in [-0.2, -0.15) is 5.10 Å². The molecular formula is C20H35N5O. The summed E-state index contributed by atoms with van der Waals surface area (Å²) in [6.07, 6.45) is 2.70. The van der Waals surface area contributed by atoms with Crippen LogP contribution in [0.2, 0.25) is 0 Å². The molecule has 0 saturated carbocycles. The van der Waals surface area contributed by atoms with Gasteiger partial charge in [-0.25, -0.2) is 0 Å². The molecule has 2 saturated heterocycles. The maximum absolute atomic E-state index is 12.3. The second-order valence-corrected chi connectivity index (χ2v) is 9.11. The summed E-state index contributed by atoms with van der Waals surface area (Å²) in [4.78, 5) is 19.4. The van der Waals surface area contributed by atoms with E-state index in [0.717, 1.165) is 57.8 Å². The van der Waals surface area contributed by atoms with Gasteiger partial charge in [0.05, 0.1) is 5.69 Å². The lowest BCUT2D eigenvalue weighted by Gasteiger charge is -2.49. The van der Waals surface area contributed by atoms with Crippen molar-refractivity contribution in [3.8, 4) is 0 Å². The van der Waals surface area contributed by atoms with E-state index in [-0.39, 0.29) is 11.0 Å². The van der Waals surface area contributed by atoms with E-state index < -0.39 is 0 Å². The molecule has 0 radical (unpaired) electrons. The maximum Gasteiger partial charge on any atom is 0.222 e. The number of likely N-dealkylation sites (N-methyl/N-ethyl adjacent to an activating group) is 1. The minimum atomic E-state index is 0.0728. The third-order valence-corrected chi connectivity index (χ3v) is 6.26.